The highest BCUT2D eigenvalue weighted by Gasteiger charge is 2.14. The van der Waals surface area contributed by atoms with Crippen molar-refractivity contribution < 1.29 is 10.6 Å². The molecule has 0 radical (unpaired) electrons. The molecule has 0 saturated heterocycles. The first-order valence-electron chi connectivity index (χ1n) is 6.32. The van der Waals surface area contributed by atoms with E-state index in [1.807, 2.05) is 6.79 Å². The maximum Gasteiger partial charge on any atom is 0.123 e. The highest BCUT2D eigenvalue weighted by atomic mass is 19.1. The quantitative estimate of drug-likeness (QED) is 0.843. The minimum atomic E-state index is -0.196. The van der Waals surface area contributed by atoms with Crippen molar-refractivity contribution in [2.45, 2.75) is 6.92 Å². The van der Waals surface area contributed by atoms with E-state index in [0.717, 1.165) is 12.1 Å². The molecule has 0 aromatic heterocycles. The van der Waals surface area contributed by atoms with Gasteiger partial charge in [0, 0.05) is 19.2 Å². The Morgan fingerprint density at radius 1 is 1.20 bits per heavy atom. The third kappa shape index (κ3) is 2.94. The van der Waals surface area contributed by atoms with Gasteiger partial charge in [0.15, 0.2) is 0 Å². The van der Waals surface area contributed by atoms with Crippen LogP contribution in [0.3, 0.4) is 0 Å². The first-order chi connectivity index (χ1) is 9.72. The fraction of sp³-hybridized carbons (Fsp3) is 0.118. The van der Waals surface area contributed by atoms with Crippen LogP contribution in [0.2, 0.25) is 0 Å². The van der Waals surface area contributed by atoms with E-state index in [4.69, 9.17) is 4.79 Å². The molecule has 3 rings (SSSR count). The van der Waals surface area contributed by atoms with Crippen LogP contribution in [0.1, 0.15) is 18.1 Å². The van der Waals surface area contributed by atoms with E-state index in [9.17, 15) is 4.39 Å². The van der Waals surface area contributed by atoms with Gasteiger partial charge in [0.25, 0.3) is 0 Å². The van der Waals surface area contributed by atoms with E-state index in [-0.39, 0.29) is 7.24 Å². The molecule has 1 heterocycles. The lowest BCUT2D eigenvalue weighted by molar-refractivity contribution is -0.0979. The Hall–Kier alpha value is -2.42. The minimum Gasteiger partial charge on any atom is -0.380 e. The molecule has 20 heavy (non-hydrogen) atoms. The number of anilines is 1. The largest absolute Gasteiger partial charge is 0.380 e. The summed E-state index contributed by atoms with van der Waals surface area (Å²) in [6.07, 6.45) is 2.11. The highest BCUT2D eigenvalue weighted by Crippen LogP contribution is 2.32. The van der Waals surface area contributed by atoms with Gasteiger partial charge >= 0.3 is 0 Å². The number of hydrogen-bond acceptors (Lipinski definition) is 2. The molecule has 0 atom stereocenters. The van der Waals surface area contributed by atoms with E-state index in [0.29, 0.717) is 0 Å². The summed E-state index contributed by atoms with van der Waals surface area (Å²) in [5.41, 5.74) is 5.96. The Labute approximate surface area is 119 Å². The lowest BCUT2D eigenvalue weighted by Crippen LogP contribution is -1.91. The number of benzene rings is 2. The molecule has 2 aromatic rings. The standard InChI is InChI=1S/C16H14FN.CH2O.H2/c1-11-2-7-16-15(8-11)13(10-18-16)9-12-3-5-14(17)6-4-12;1-2;/h2-9,18H,10H2,1H3;1H2;1H/b13-9+;;. The van der Waals surface area contributed by atoms with Crippen molar-refractivity contribution in [3.8, 4) is 0 Å². The number of carbonyl (C=O) groups excluding carboxylic acids is 1. The van der Waals surface area contributed by atoms with Crippen molar-refractivity contribution in [3.05, 3.63) is 65.0 Å². The second-order valence-electron chi connectivity index (χ2n) is 4.62. The second kappa shape index (κ2) is 6.15. The fourth-order valence-corrected chi connectivity index (χ4v) is 2.25. The van der Waals surface area contributed by atoms with Crippen molar-refractivity contribution in [1.29, 1.82) is 0 Å². The second-order valence-corrected chi connectivity index (χ2v) is 4.62. The van der Waals surface area contributed by atoms with Gasteiger partial charge < -0.3 is 10.1 Å². The average molecular weight is 271 g/mol. The van der Waals surface area contributed by atoms with Crippen LogP contribution in [0.25, 0.3) is 11.6 Å². The van der Waals surface area contributed by atoms with Gasteiger partial charge in [0.1, 0.15) is 12.6 Å². The van der Waals surface area contributed by atoms with Gasteiger partial charge in [-0.2, -0.15) is 0 Å². The van der Waals surface area contributed by atoms with Crippen LogP contribution in [0.5, 0.6) is 0 Å². The summed E-state index contributed by atoms with van der Waals surface area (Å²) in [6, 6.07) is 13.0. The van der Waals surface area contributed by atoms with Crippen LogP contribution in [-0.4, -0.2) is 13.3 Å². The zero-order valence-corrected chi connectivity index (χ0v) is 11.3. The number of hydrogen-bond donors (Lipinski definition) is 1. The number of aryl methyl sites for hydroxylation is 1. The van der Waals surface area contributed by atoms with Gasteiger partial charge in [-0.25, -0.2) is 4.39 Å². The Morgan fingerprint density at radius 2 is 1.90 bits per heavy atom. The van der Waals surface area contributed by atoms with Crippen LogP contribution in [0.4, 0.5) is 10.1 Å². The van der Waals surface area contributed by atoms with E-state index in [1.165, 1.54) is 34.5 Å². The number of nitrogens with one attached hydrogen (secondary N) is 1. The molecule has 1 aliphatic rings. The molecule has 0 bridgehead atoms. The van der Waals surface area contributed by atoms with Crippen molar-refractivity contribution >= 4 is 24.1 Å². The minimum absolute atomic E-state index is 0. The summed E-state index contributed by atoms with van der Waals surface area (Å²) in [5.74, 6) is -0.196. The monoisotopic (exact) mass is 271 g/mol. The molecule has 2 aromatic carbocycles. The molecule has 104 valence electrons. The van der Waals surface area contributed by atoms with Crippen LogP contribution >= 0.6 is 0 Å². The van der Waals surface area contributed by atoms with Crippen molar-refractivity contribution in [3.63, 3.8) is 0 Å². The van der Waals surface area contributed by atoms with Crippen LogP contribution in [0.15, 0.2) is 42.5 Å². The maximum absolute atomic E-state index is 12.9. The zero-order valence-electron chi connectivity index (χ0n) is 11.3. The molecule has 0 spiro atoms. The molecule has 0 aliphatic carbocycles. The molecule has 1 N–H and O–H groups in total. The van der Waals surface area contributed by atoms with E-state index in [2.05, 4.69) is 36.5 Å². The summed E-state index contributed by atoms with van der Waals surface area (Å²) in [5, 5.41) is 3.37. The average Bonchev–Trinajstić information content (AvgIpc) is 2.86. The lowest BCUT2D eigenvalue weighted by atomic mass is 10.0. The predicted octanol–water partition coefficient (Wildman–Crippen LogP) is 4.16. The number of carbonyl (C=O) groups is 1. The highest BCUT2D eigenvalue weighted by molar-refractivity contribution is 5.93. The molecule has 0 fully saturated rings. The Morgan fingerprint density at radius 3 is 2.60 bits per heavy atom. The van der Waals surface area contributed by atoms with Gasteiger partial charge in [0.2, 0.25) is 0 Å². The lowest BCUT2D eigenvalue weighted by Gasteiger charge is -2.01. The Kier molecular flexibility index (Phi) is 4.31. The molecule has 1 aliphatic heterocycles. The third-order valence-electron chi connectivity index (χ3n) is 3.20. The third-order valence-corrected chi connectivity index (χ3v) is 3.20. The number of rotatable bonds is 1. The predicted molar refractivity (Wildman–Crippen MR) is 83.2 cm³/mol. The van der Waals surface area contributed by atoms with E-state index >= 15 is 0 Å². The normalized spacial score (nSPS) is 14.2. The topological polar surface area (TPSA) is 29.1 Å². The van der Waals surface area contributed by atoms with E-state index in [1.54, 1.807) is 12.1 Å². The first kappa shape index (κ1) is 14.0. The SMILES string of the molecule is C=O.Cc1ccc2c(c1)/C(=C/c1ccc(F)cc1)CN2.[HH]. The summed E-state index contributed by atoms with van der Waals surface area (Å²) >= 11 is 0. The molecule has 2 nitrogen and oxygen atoms in total. The molecule has 3 heteroatoms. The summed E-state index contributed by atoms with van der Waals surface area (Å²) in [6.45, 7) is 4.92. The van der Waals surface area contributed by atoms with E-state index < -0.39 is 0 Å². The van der Waals surface area contributed by atoms with Gasteiger partial charge in [-0.1, -0.05) is 23.8 Å². The number of fused-ring (bicyclic) bond motifs is 1. The zero-order chi connectivity index (χ0) is 14.5. The van der Waals surface area contributed by atoms with Crippen molar-refractivity contribution in [2.24, 2.45) is 0 Å². The van der Waals surface area contributed by atoms with Gasteiger partial charge in [-0.15, -0.1) is 0 Å². The van der Waals surface area contributed by atoms with Gasteiger partial charge in [0.05, 0.1) is 0 Å². The van der Waals surface area contributed by atoms with Crippen LogP contribution in [0, 0.1) is 12.7 Å². The molecular weight excluding hydrogens is 253 g/mol. The summed E-state index contributed by atoms with van der Waals surface area (Å²) in [4.78, 5) is 8.00. The molecular formula is C17H18FNO. The van der Waals surface area contributed by atoms with Crippen LogP contribution < -0.4 is 5.32 Å². The Bertz CT molecular complexity index is 638. The smallest absolute Gasteiger partial charge is 0.123 e. The molecule has 0 saturated carbocycles. The molecule has 0 amide bonds. The van der Waals surface area contributed by atoms with Gasteiger partial charge in [-0.05, 0) is 48.4 Å². The maximum atomic E-state index is 12.9. The first-order valence-corrected chi connectivity index (χ1v) is 6.32. The van der Waals surface area contributed by atoms with Crippen LogP contribution in [-0.2, 0) is 4.79 Å². The van der Waals surface area contributed by atoms with Crippen molar-refractivity contribution in [1.82, 2.24) is 0 Å². The van der Waals surface area contributed by atoms with Crippen molar-refractivity contribution in [2.75, 3.05) is 11.9 Å². The summed E-state index contributed by atoms with van der Waals surface area (Å²) in [7, 11) is 0. The summed E-state index contributed by atoms with van der Waals surface area (Å²) < 4.78 is 12.9. The Balaban J connectivity index is 0.000000706. The number of halogens is 1. The molecule has 0 unspecified atom stereocenters. The fourth-order valence-electron chi connectivity index (χ4n) is 2.25. The van der Waals surface area contributed by atoms with Gasteiger partial charge in [-0.3, -0.25) is 0 Å².